The van der Waals surface area contributed by atoms with Crippen LogP contribution >= 0.6 is 11.3 Å². The lowest BCUT2D eigenvalue weighted by molar-refractivity contribution is 0.0914. The molecular formula is C22H31N3O3S2. The van der Waals surface area contributed by atoms with Gasteiger partial charge in [-0.2, -0.15) is 0 Å². The largest absolute Gasteiger partial charge is 0.350 e. The molecule has 1 aliphatic rings. The van der Waals surface area contributed by atoms with Gasteiger partial charge in [-0.15, -0.1) is 11.3 Å². The van der Waals surface area contributed by atoms with Crippen molar-refractivity contribution in [3.63, 3.8) is 0 Å². The van der Waals surface area contributed by atoms with Gasteiger partial charge in [0.1, 0.15) is 0 Å². The standard InChI is InChI=1S/C22H31N3O3S2/c1-16(2)24-30(27,28)19-7-4-6-18(14-19)22(26)23-15-20(21-8-5-13-29-21)25-11-9-17(3)10-12-25/h4-8,13-14,16-17,20,24H,9-12,15H2,1-3H3,(H,23,26). The Kier molecular flexibility index (Phi) is 7.68. The Morgan fingerprint density at radius 1 is 1.20 bits per heavy atom. The number of hydrogen-bond donors (Lipinski definition) is 2. The SMILES string of the molecule is CC1CCN(C(CNC(=O)c2cccc(S(=O)(=O)NC(C)C)c2)c2cccs2)CC1. The van der Waals surface area contributed by atoms with Gasteiger partial charge < -0.3 is 5.32 Å². The van der Waals surface area contributed by atoms with Crippen LogP contribution in [0.4, 0.5) is 0 Å². The molecule has 1 aliphatic heterocycles. The van der Waals surface area contributed by atoms with Crippen molar-refractivity contribution < 1.29 is 13.2 Å². The maximum absolute atomic E-state index is 12.8. The minimum absolute atomic E-state index is 0.101. The van der Waals surface area contributed by atoms with Crippen LogP contribution < -0.4 is 10.0 Å². The van der Waals surface area contributed by atoms with Crippen molar-refractivity contribution in [2.45, 2.75) is 50.6 Å². The van der Waals surface area contributed by atoms with Crippen LogP contribution in [0, 0.1) is 5.92 Å². The molecule has 1 aromatic carbocycles. The molecule has 1 unspecified atom stereocenters. The summed E-state index contributed by atoms with van der Waals surface area (Å²) in [5.74, 6) is 0.479. The molecule has 6 nitrogen and oxygen atoms in total. The highest BCUT2D eigenvalue weighted by atomic mass is 32.2. The molecule has 164 valence electrons. The molecule has 0 aliphatic carbocycles. The van der Waals surface area contributed by atoms with Gasteiger partial charge in [0.25, 0.3) is 5.91 Å². The molecular weight excluding hydrogens is 418 g/mol. The number of benzene rings is 1. The molecule has 1 aromatic heterocycles. The van der Waals surface area contributed by atoms with E-state index in [9.17, 15) is 13.2 Å². The van der Waals surface area contributed by atoms with E-state index >= 15 is 0 Å². The van der Waals surface area contributed by atoms with E-state index in [-0.39, 0.29) is 22.9 Å². The third kappa shape index (κ3) is 5.91. The number of hydrogen-bond acceptors (Lipinski definition) is 5. The zero-order valence-corrected chi connectivity index (χ0v) is 19.4. The Morgan fingerprint density at radius 2 is 1.93 bits per heavy atom. The predicted octanol–water partition coefficient (Wildman–Crippen LogP) is 3.64. The van der Waals surface area contributed by atoms with Crippen molar-refractivity contribution in [2.24, 2.45) is 5.92 Å². The number of nitrogens with one attached hydrogen (secondary N) is 2. The van der Waals surface area contributed by atoms with E-state index in [2.05, 4.69) is 33.3 Å². The second-order valence-electron chi connectivity index (χ2n) is 8.26. The van der Waals surface area contributed by atoms with E-state index in [0.29, 0.717) is 12.1 Å². The van der Waals surface area contributed by atoms with E-state index in [1.54, 1.807) is 37.3 Å². The van der Waals surface area contributed by atoms with E-state index < -0.39 is 10.0 Å². The molecule has 0 spiro atoms. The van der Waals surface area contributed by atoms with Gasteiger partial charge in [-0.05, 0) is 75.3 Å². The summed E-state index contributed by atoms with van der Waals surface area (Å²) >= 11 is 1.70. The predicted molar refractivity (Wildman–Crippen MR) is 121 cm³/mol. The average molecular weight is 450 g/mol. The van der Waals surface area contributed by atoms with Crippen molar-refractivity contribution in [2.75, 3.05) is 19.6 Å². The highest BCUT2D eigenvalue weighted by Gasteiger charge is 2.26. The molecule has 2 aromatic rings. The zero-order chi connectivity index (χ0) is 21.7. The first-order chi connectivity index (χ1) is 14.3. The molecule has 1 amide bonds. The van der Waals surface area contributed by atoms with Gasteiger partial charge in [-0.1, -0.05) is 19.1 Å². The number of rotatable bonds is 8. The van der Waals surface area contributed by atoms with Gasteiger partial charge in [-0.3, -0.25) is 9.69 Å². The first-order valence-corrected chi connectivity index (χ1v) is 12.8. The molecule has 3 rings (SSSR count). The van der Waals surface area contributed by atoms with Crippen molar-refractivity contribution in [3.05, 3.63) is 52.2 Å². The van der Waals surface area contributed by atoms with Crippen molar-refractivity contribution in [1.82, 2.24) is 14.9 Å². The number of nitrogens with zero attached hydrogens (tertiary/aromatic N) is 1. The smallest absolute Gasteiger partial charge is 0.251 e. The summed E-state index contributed by atoms with van der Waals surface area (Å²) in [7, 11) is -3.64. The van der Waals surface area contributed by atoms with Crippen molar-refractivity contribution in [3.8, 4) is 0 Å². The molecule has 8 heteroatoms. The Morgan fingerprint density at radius 3 is 2.57 bits per heavy atom. The van der Waals surface area contributed by atoms with Gasteiger partial charge in [0.15, 0.2) is 0 Å². The fourth-order valence-corrected chi connectivity index (χ4v) is 5.86. The molecule has 2 heterocycles. The maximum Gasteiger partial charge on any atom is 0.251 e. The number of amides is 1. The van der Waals surface area contributed by atoms with Crippen LogP contribution in [0.5, 0.6) is 0 Å². The minimum Gasteiger partial charge on any atom is -0.350 e. The summed E-state index contributed by atoms with van der Waals surface area (Å²) in [6.07, 6.45) is 2.33. The summed E-state index contributed by atoms with van der Waals surface area (Å²) in [5, 5.41) is 5.09. The Hall–Kier alpha value is -1.74. The highest BCUT2D eigenvalue weighted by molar-refractivity contribution is 7.89. The lowest BCUT2D eigenvalue weighted by atomic mass is 9.97. The third-order valence-corrected chi connectivity index (χ3v) is 8.01. The average Bonchev–Trinajstić information content (AvgIpc) is 3.23. The molecule has 0 bridgehead atoms. The summed E-state index contributed by atoms with van der Waals surface area (Å²) < 4.78 is 27.4. The van der Waals surface area contributed by atoms with Crippen LogP contribution in [0.25, 0.3) is 0 Å². The van der Waals surface area contributed by atoms with Crippen LogP contribution in [-0.4, -0.2) is 44.9 Å². The van der Waals surface area contributed by atoms with Crippen LogP contribution in [0.1, 0.15) is 54.9 Å². The van der Waals surface area contributed by atoms with Gasteiger partial charge in [0.2, 0.25) is 10.0 Å². The molecule has 0 saturated carbocycles. The van der Waals surface area contributed by atoms with Crippen LogP contribution in [0.3, 0.4) is 0 Å². The van der Waals surface area contributed by atoms with Crippen molar-refractivity contribution in [1.29, 1.82) is 0 Å². The lowest BCUT2D eigenvalue weighted by Gasteiger charge is -2.36. The number of piperidine rings is 1. The fraction of sp³-hybridized carbons (Fsp3) is 0.500. The molecule has 1 fully saturated rings. The quantitative estimate of drug-likeness (QED) is 0.645. The molecule has 30 heavy (non-hydrogen) atoms. The van der Waals surface area contributed by atoms with Crippen LogP contribution in [-0.2, 0) is 10.0 Å². The molecule has 1 atom stereocenters. The zero-order valence-electron chi connectivity index (χ0n) is 17.8. The van der Waals surface area contributed by atoms with Crippen molar-refractivity contribution >= 4 is 27.3 Å². The van der Waals surface area contributed by atoms with Gasteiger partial charge >= 0.3 is 0 Å². The topological polar surface area (TPSA) is 78.5 Å². The summed E-state index contributed by atoms with van der Waals surface area (Å²) in [5.41, 5.74) is 0.346. The Balaban J connectivity index is 1.71. The fourth-order valence-electron chi connectivity index (χ4n) is 3.71. The van der Waals surface area contributed by atoms with Gasteiger partial charge in [0.05, 0.1) is 10.9 Å². The molecule has 0 radical (unpaired) electrons. The first kappa shape index (κ1) is 22.9. The summed E-state index contributed by atoms with van der Waals surface area (Å²) in [6, 6.07) is 10.3. The third-order valence-electron chi connectivity index (χ3n) is 5.38. The minimum atomic E-state index is -3.64. The Labute approximate surface area is 183 Å². The number of carbonyl (C=O) groups is 1. The van der Waals surface area contributed by atoms with E-state index in [1.807, 2.05) is 6.07 Å². The first-order valence-electron chi connectivity index (χ1n) is 10.4. The van der Waals surface area contributed by atoms with E-state index in [4.69, 9.17) is 0 Å². The maximum atomic E-state index is 12.8. The molecule has 2 N–H and O–H groups in total. The lowest BCUT2D eigenvalue weighted by Crippen LogP contribution is -2.41. The summed E-state index contributed by atoms with van der Waals surface area (Å²) in [6.45, 7) is 8.35. The summed E-state index contributed by atoms with van der Waals surface area (Å²) in [4.78, 5) is 16.6. The van der Waals surface area contributed by atoms with Gasteiger partial charge in [-0.25, -0.2) is 13.1 Å². The highest BCUT2D eigenvalue weighted by Crippen LogP contribution is 2.29. The Bertz CT molecular complexity index is 934. The number of likely N-dealkylation sites (tertiary alicyclic amines) is 1. The van der Waals surface area contributed by atoms with Crippen LogP contribution in [0.2, 0.25) is 0 Å². The number of sulfonamides is 1. The normalized spacial score (nSPS) is 17.2. The van der Waals surface area contributed by atoms with Gasteiger partial charge in [0, 0.05) is 23.0 Å². The number of thiophene rings is 1. The monoisotopic (exact) mass is 449 g/mol. The second kappa shape index (κ2) is 10.0. The number of carbonyl (C=O) groups excluding carboxylic acids is 1. The molecule has 1 saturated heterocycles. The second-order valence-corrected chi connectivity index (χ2v) is 11.0. The van der Waals surface area contributed by atoms with E-state index in [1.165, 1.54) is 29.9 Å². The van der Waals surface area contributed by atoms with E-state index in [0.717, 1.165) is 19.0 Å². The van der Waals surface area contributed by atoms with Crippen LogP contribution in [0.15, 0.2) is 46.7 Å².